The first-order chi connectivity index (χ1) is 11.6. The maximum Gasteiger partial charge on any atom is 0.334 e. The van der Waals surface area contributed by atoms with Crippen molar-refractivity contribution in [1.82, 2.24) is 0 Å². The maximum atomic E-state index is 11.9. The number of carboxylic acids is 3. The quantitative estimate of drug-likeness (QED) is 0.325. The van der Waals surface area contributed by atoms with Crippen molar-refractivity contribution in [2.24, 2.45) is 5.41 Å². The lowest BCUT2D eigenvalue weighted by molar-refractivity contribution is -0.158. The van der Waals surface area contributed by atoms with Gasteiger partial charge in [-0.3, -0.25) is 14.4 Å². The van der Waals surface area contributed by atoms with E-state index < -0.39 is 73.3 Å². The Balaban J connectivity index is 5.34. The zero-order valence-corrected chi connectivity index (χ0v) is 13.2. The number of carbonyl (C=O) groups is 5. The van der Waals surface area contributed by atoms with Gasteiger partial charge in [0.1, 0.15) is 12.0 Å². The molecular formula is C15H18O10. The molecule has 0 aromatic rings. The van der Waals surface area contributed by atoms with Crippen LogP contribution in [0, 0.1) is 5.41 Å². The predicted molar refractivity (Wildman–Crippen MR) is 80.4 cm³/mol. The van der Waals surface area contributed by atoms with Crippen LogP contribution >= 0.6 is 0 Å². The van der Waals surface area contributed by atoms with Crippen LogP contribution in [-0.4, -0.2) is 58.4 Å². The molecule has 0 bridgehead atoms. The van der Waals surface area contributed by atoms with Gasteiger partial charge in [0.05, 0.1) is 19.4 Å². The Morgan fingerprint density at radius 3 is 2.00 bits per heavy atom. The number of ether oxygens (including phenoxy) is 2. The zero-order valence-electron chi connectivity index (χ0n) is 13.2. The lowest BCUT2D eigenvalue weighted by atomic mass is 9.75. The van der Waals surface area contributed by atoms with E-state index >= 15 is 0 Å². The summed E-state index contributed by atoms with van der Waals surface area (Å²) in [6.07, 6.45) is -1.26. The normalized spacial score (nSPS) is 12.3. The minimum absolute atomic E-state index is 0.508. The standard InChI is InChI=1S/C15H18O10/c1-3-12(20)24-7-5-15(14(22)23,8-11(18)19)9(2)13(21)25-6-4-10(16)17/h3H,1-2,4-8H2,(H,16,17)(H,18,19)(H,22,23). The van der Waals surface area contributed by atoms with Gasteiger partial charge in [0.25, 0.3) is 0 Å². The molecular weight excluding hydrogens is 340 g/mol. The Bertz CT molecular complexity index is 591. The molecule has 1 unspecified atom stereocenters. The van der Waals surface area contributed by atoms with E-state index in [2.05, 4.69) is 22.6 Å². The molecule has 0 heterocycles. The smallest absolute Gasteiger partial charge is 0.334 e. The second-order valence-electron chi connectivity index (χ2n) is 4.84. The Morgan fingerprint density at radius 1 is 0.960 bits per heavy atom. The van der Waals surface area contributed by atoms with Gasteiger partial charge < -0.3 is 24.8 Å². The van der Waals surface area contributed by atoms with Crippen LogP contribution in [0.3, 0.4) is 0 Å². The van der Waals surface area contributed by atoms with Gasteiger partial charge in [0.15, 0.2) is 0 Å². The molecule has 0 aliphatic heterocycles. The third-order valence-corrected chi connectivity index (χ3v) is 3.18. The Kier molecular flexibility index (Phi) is 8.61. The van der Waals surface area contributed by atoms with Crippen molar-refractivity contribution in [1.29, 1.82) is 0 Å². The lowest BCUT2D eigenvalue weighted by Crippen LogP contribution is -2.40. The molecule has 0 rings (SSSR count). The van der Waals surface area contributed by atoms with Crippen LogP contribution in [0.15, 0.2) is 24.8 Å². The van der Waals surface area contributed by atoms with Crippen molar-refractivity contribution in [3.8, 4) is 0 Å². The van der Waals surface area contributed by atoms with E-state index in [0.717, 1.165) is 6.08 Å². The van der Waals surface area contributed by atoms with Crippen LogP contribution in [0.1, 0.15) is 19.3 Å². The Labute approximate surface area is 142 Å². The van der Waals surface area contributed by atoms with Gasteiger partial charge in [0, 0.05) is 18.1 Å². The molecule has 10 heteroatoms. The number of carboxylic acid groups (broad SMARTS) is 3. The summed E-state index contributed by atoms with van der Waals surface area (Å²) in [5.74, 6) is -6.56. The summed E-state index contributed by atoms with van der Waals surface area (Å²) in [6, 6.07) is 0. The molecule has 0 aromatic heterocycles. The minimum atomic E-state index is -2.28. The van der Waals surface area contributed by atoms with Gasteiger partial charge in [-0.05, 0) is 0 Å². The zero-order chi connectivity index (χ0) is 19.6. The van der Waals surface area contributed by atoms with E-state index in [9.17, 15) is 29.1 Å². The van der Waals surface area contributed by atoms with E-state index in [4.69, 9.17) is 10.2 Å². The number of aliphatic carboxylic acids is 3. The van der Waals surface area contributed by atoms with Gasteiger partial charge in [-0.15, -0.1) is 0 Å². The average Bonchev–Trinajstić information content (AvgIpc) is 2.51. The molecule has 0 radical (unpaired) electrons. The van der Waals surface area contributed by atoms with Crippen molar-refractivity contribution >= 4 is 29.8 Å². The van der Waals surface area contributed by atoms with Gasteiger partial charge in [-0.2, -0.15) is 0 Å². The molecule has 3 N–H and O–H groups in total. The highest BCUT2D eigenvalue weighted by Crippen LogP contribution is 2.36. The summed E-state index contributed by atoms with van der Waals surface area (Å²) in [7, 11) is 0. The molecule has 0 amide bonds. The molecule has 1 atom stereocenters. The molecule has 0 aliphatic rings. The maximum absolute atomic E-state index is 11.9. The first-order valence-electron chi connectivity index (χ1n) is 6.89. The second-order valence-corrected chi connectivity index (χ2v) is 4.84. The third kappa shape index (κ3) is 6.85. The Hall–Kier alpha value is -3.17. The summed E-state index contributed by atoms with van der Waals surface area (Å²) in [5.41, 5.74) is -2.98. The summed E-state index contributed by atoms with van der Waals surface area (Å²) in [5, 5.41) is 26.9. The summed E-state index contributed by atoms with van der Waals surface area (Å²) >= 11 is 0. The van der Waals surface area contributed by atoms with Crippen molar-refractivity contribution in [2.45, 2.75) is 19.3 Å². The number of esters is 2. The molecule has 10 nitrogen and oxygen atoms in total. The van der Waals surface area contributed by atoms with Crippen molar-refractivity contribution in [3.63, 3.8) is 0 Å². The van der Waals surface area contributed by atoms with Crippen LogP contribution < -0.4 is 0 Å². The van der Waals surface area contributed by atoms with Crippen LogP contribution in [0.2, 0.25) is 0 Å². The van der Waals surface area contributed by atoms with E-state index in [1.807, 2.05) is 0 Å². The highest BCUT2D eigenvalue weighted by Gasteiger charge is 2.47. The van der Waals surface area contributed by atoms with Gasteiger partial charge in [0.2, 0.25) is 0 Å². The van der Waals surface area contributed by atoms with Crippen molar-refractivity contribution in [2.75, 3.05) is 13.2 Å². The highest BCUT2D eigenvalue weighted by atomic mass is 16.5. The number of rotatable bonds is 12. The first-order valence-corrected chi connectivity index (χ1v) is 6.89. The lowest BCUT2D eigenvalue weighted by Gasteiger charge is -2.28. The summed E-state index contributed by atoms with van der Waals surface area (Å²) < 4.78 is 9.24. The van der Waals surface area contributed by atoms with Gasteiger partial charge >= 0.3 is 29.8 Å². The van der Waals surface area contributed by atoms with Crippen molar-refractivity contribution in [3.05, 3.63) is 24.8 Å². The molecule has 0 fully saturated rings. The topological polar surface area (TPSA) is 165 Å². The molecule has 0 spiro atoms. The molecule has 0 aromatic carbocycles. The Morgan fingerprint density at radius 2 is 1.56 bits per heavy atom. The summed E-state index contributed by atoms with van der Waals surface area (Å²) in [4.78, 5) is 56.0. The van der Waals surface area contributed by atoms with E-state index in [0.29, 0.717) is 0 Å². The summed E-state index contributed by atoms with van der Waals surface area (Å²) in [6.45, 7) is 5.39. The molecule has 25 heavy (non-hydrogen) atoms. The minimum Gasteiger partial charge on any atom is -0.481 e. The molecule has 0 aliphatic carbocycles. The fourth-order valence-corrected chi connectivity index (χ4v) is 1.81. The van der Waals surface area contributed by atoms with E-state index in [1.54, 1.807) is 0 Å². The third-order valence-electron chi connectivity index (χ3n) is 3.18. The second kappa shape index (κ2) is 9.85. The number of carbonyl (C=O) groups excluding carboxylic acids is 2. The van der Waals surface area contributed by atoms with Gasteiger partial charge in [-0.25, -0.2) is 9.59 Å². The van der Waals surface area contributed by atoms with Crippen LogP contribution in [0.25, 0.3) is 0 Å². The van der Waals surface area contributed by atoms with Crippen LogP contribution in [0.5, 0.6) is 0 Å². The predicted octanol–water partition coefficient (Wildman–Crippen LogP) is 0.226. The SMILES string of the molecule is C=CC(=O)OCCC(CC(=O)O)(C(=C)C(=O)OCCC(=O)O)C(=O)O. The fraction of sp³-hybridized carbons (Fsp3) is 0.400. The number of hydrogen-bond donors (Lipinski definition) is 3. The highest BCUT2D eigenvalue weighted by molar-refractivity contribution is 5.99. The first kappa shape index (κ1) is 21.8. The van der Waals surface area contributed by atoms with Crippen LogP contribution in [0.4, 0.5) is 0 Å². The molecule has 0 saturated heterocycles. The van der Waals surface area contributed by atoms with Crippen LogP contribution in [-0.2, 0) is 33.4 Å². The van der Waals surface area contributed by atoms with E-state index in [1.165, 1.54) is 0 Å². The average molecular weight is 358 g/mol. The fourth-order valence-electron chi connectivity index (χ4n) is 1.81. The largest absolute Gasteiger partial charge is 0.481 e. The molecule has 0 saturated carbocycles. The van der Waals surface area contributed by atoms with Crippen molar-refractivity contribution < 1.29 is 48.8 Å². The van der Waals surface area contributed by atoms with Gasteiger partial charge in [-0.1, -0.05) is 13.2 Å². The monoisotopic (exact) mass is 358 g/mol. The van der Waals surface area contributed by atoms with E-state index in [-0.39, 0.29) is 0 Å². The number of hydrogen-bond acceptors (Lipinski definition) is 7. The molecule has 138 valence electrons.